The Balaban J connectivity index is 1.39. The first-order chi connectivity index (χ1) is 13.2. The highest BCUT2D eigenvalue weighted by Gasteiger charge is 2.53. The van der Waals surface area contributed by atoms with Crippen LogP contribution in [0.2, 0.25) is 0 Å². The van der Waals surface area contributed by atoms with Gasteiger partial charge in [0.15, 0.2) is 0 Å². The van der Waals surface area contributed by atoms with Crippen LogP contribution in [0.4, 0.5) is 0 Å². The molecule has 3 saturated carbocycles. The number of benzene rings is 1. The zero-order valence-electron chi connectivity index (χ0n) is 16.2. The minimum absolute atomic E-state index is 0.162. The summed E-state index contributed by atoms with van der Waals surface area (Å²) in [6.45, 7) is 0.893. The van der Waals surface area contributed by atoms with Crippen molar-refractivity contribution in [3.63, 3.8) is 0 Å². The average molecular weight is 366 g/mol. The van der Waals surface area contributed by atoms with Gasteiger partial charge in [0, 0.05) is 30.8 Å². The first-order valence-electron chi connectivity index (χ1n) is 11.1. The summed E-state index contributed by atoms with van der Waals surface area (Å²) in [5, 5.41) is 0. The first kappa shape index (κ1) is 17.5. The molecule has 3 aliphatic carbocycles. The zero-order valence-corrected chi connectivity index (χ0v) is 16.2. The Morgan fingerprint density at radius 2 is 1.78 bits per heavy atom. The van der Waals surface area contributed by atoms with Crippen LogP contribution in [-0.4, -0.2) is 29.2 Å². The van der Waals surface area contributed by atoms with Crippen LogP contribution in [-0.2, 0) is 16.0 Å². The van der Waals surface area contributed by atoms with Gasteiger partial charge in [-0.1, -0.05) is 43.2 Å². The van der Waals surface area contributed by atoms with Gasteiger partial charge in [0.2, 0.25) is 5.91 Å². The van der Waals surface area contributed by atoms with Gasteiger partial charge in [-0.05, 0) is 61.8 Å². The van der Waals surface area contributed by atoms with Crippen LogP contribution in [0.3, 0.4) is 0 Å². The molecule has 0 bridgehead atoms. The molecule has 5 rings (SSSR count). The van der Waals surface area contributed by atoms with Crippen molar-refractivity contribution in [2.45, 2.75) is 63.8 Å². The lowest BCUT2D eigenvalue weighted by atomic mass is 9.55. The molecule has 4 fully saturated rings. The number of likely N-dealkylation sites (tertiary alicyclic amines) is 1. The van der Waals surface area contributed by atoms with Crippen LogP contribution < -0.4 is 0 Å². The van der Waals surface area contributed by atoms with Gasteiger partial charge in [-0.3, -0.25) is 9.59 Å². The number of Topliss-reactive ketones (excluding diaryl/α,β-unsaturated/α-hetero) is 1. The first-order valence-corrected chi connectivity index (χ1v) is 11.1. The van der Waals surface area contributed by atoms with E-state index in [-0.39, 0.29) is 5.92 Å². The second-order valence-electron chi connectivity index (χ2n) is 9.41. The molecule has 0 N–H and O–H groups in total. The predicted molar refractivity (Wildman–Crippen MR) is 105 cm³/mol. The summed E-state index contributed by atoms with van der Waals surface area (Å²) in [5.41, 5.74) is 1.29. The molecule has 0 aromatic heterocycles. The van der Waals surface area contributed by atoms with E-state index in [2.05, 4.69) is 29.2 Å². The molecule has 5 atom stereocenters. The fourth-order valence-electron chi connectivity index (χ4n) is 6.58. The minimum atomic E-state index is 0.162. The summed E-state index contributed by atoms with van der Waals surface area (Å²) in [6, 6.07) is 10.9. The number of carbonyl (C=O) groups excluding carboxylic acids is 2. The highest BCUT2D eigenvalue weighted by atomic mass is 16.2. The van der Waals surface area contributed by atoms with Crippen molar-refractivity contribution >= 4 is 11.7 Å². The molecule has 3 nitrogen and oxygen atoms in total. The highest BCUT2D eigenvalue weighted by molar-refractivity contribution is 5.83. The third-order valence-corrected chi connectivity index (χ3v) is 8.09. The number of amides is 1. The summed E-state index contributed by atoms with van der Waals surface area (Å²) in [7, 11) is 0. The minimum Gasteiger partial charge on any atom is -0.339 e. The molecule has 1 amide bonds. The van der Waals surface area contributed by atoms with E-state index in [4.69, 9.17) is 0 Å². The number of hydrogen-bond donors (Lipinski definition) is 0. The maximum Gasteiger partial charge on any atom is 0.225 e. The van der Waals surface area contributed by atoms with Gasteiger partial charge >= 0.3 is 0 Å². The number of carbonyl (C=O) groups is 2. The second-order valence-corrected chi connectivity index (χ2v) is 9.41. The van der Waals surface area contributed by atoms with Gasteiger partial charge in [-0.15, -0.1) is 0 Å². The Kier molecular flexibility index (Phi) is 4.57. The molecule has 144 valence electrons. The van der Waals surface area contributed by atoms with Gasteiger partial charge < -0.3 is 4.90 Å². The molecule has 0 spiro atoms. The molecule has 1 aromatic rings. The summed E-state index contributed by atoms with van der Waals surface area (Å²) in [6.07, 6.45) is 9.58. The smallest absolute Gasteiger partial charge is 0.225 e. The van der Waals surface area contributed by atoms with Crippen LogP contribution in [0.15, 0.2) is 30.3 Å². The predicted octanol–water partition coefficient (Wildman–Crippen LogP) is 4.25. The lowest BCUT2D eigenvalue weighted by molar-refractivity contribution is -0.154. The summed E-state index contributed by atoms with van der Waals surface area (Å²) in [5.74, 6) is 2.94. The van der Waals surface area contributed by atoms with Crippen LogP contribution in [0.5, 0.6) is 0 Å². The van der Waals surface area contributed by atoms with Crippen LogP contribution in [0.25, 0.3) is 0 Å². The fourth-order valence-corrected chi connectivity index (χ4v) is 6.58. The molecule has 1 heterocycles. The van der Waals surface area contributed by atoms with Gasteiger partial charge in [-0.2, -0.15) is 0 Å². The van der Waals surface area contributed by atoms with Crippen LogP contribution in [0.1, 0.15) is 56.9 Å². The fraction of sp³-hybridized carbons (Fsp3) is 0.667. The Hall–Kier alpha value is -1.64. The van der Waals surface area contributed by atoms with Crippen molar-refractivity contribution in [2.24, 2.45) is 29.6 Å². The van der Waals surface area contributed by atoms with E-state index in [1.807, 2.05) is 6.07 Å². The Bertz CT molecular complexity index is 710. The van der Waals surface area contributed by atoms with Crippen LogP contribution >= 0.6 is 0 Å². The lowest BCUT2D eigenvalue weighted by Crippen LogP contribution is -2.60. The average Bonchev–Trinajstić information content (AvgIpc) is 2.64. The second kappa shape index (κ2) is 7.07. The van der Waals surface area contributed by atoms with Gasteiger partial charge in [-0.25, -0.2) is 0 Å². The van der Waals surface area contributed by atoms with E-state index in [0.29, 0.717) is 41.4 Å². The van der Waals surface area contributed by atoms with Gasteiger partial charge in [0.25, 0.3) is 0 Å². The quantitative estimate of drug-likeness (QED) is 0.803. The van der Waals surface area contributed by atoms with Crippen LogP contribution in [0, 0.1) is 29.6 Å². The Morgan fingerprint density at radius 1 is 1.00 bits per heavy atom. The van der Waals surface area contributed by atoms with Crippen molar-refractivity contribution in [2.75, 3.05) is 6.54 Å². The molecular formula is C24H31NO2. The summed E-state index contributed by atoms with van der Waals surface area (Å²) >= 11 is 0. The van der Waals surface area contributed by atoms with Gasteiger partial charge in [0.1, 0.15) is 5.78 Å². The third kappa shape index (κ3) is 3.03. The number of nitrogens with zero attached hydrogens (tertiary/aromatic N) is 1. The molecule has 0 radical (unpaired) electrons. The molecule has 4 aliphatic rings. The monoisotopic (exact) mass is 365 g/mol. The molecule has 1 saturated heterocycles. The van der Waals surface area contributed by atoms with E-state index in [1.165, 1.54) is 24.8 Å². The van der Waals surface area contributed by atoms with E-state index in [9.17, 15) is 9.59 Å². The van der Waals surface area contributed by atoms with Crippen molar-refractivity contribution in [3.05, 3.63) is 35.9 Å². The standard InChI is InChI=1S/C24H31NO2/c26-22-15-18-12-13-25(24(27)17-8-4-9-17)21-11-5-10-19(23(18)21)20(22)14-16-6-2-1-3-7-16/h1-3,6-7,17-21,23H,4-5,8-15H2/t18-,19+,20+,21+,23+/m1/s1. The normalized spacial score (nSPS) is 36.1. The highest BCUT2D eigenvalue weighted by Crippen LogP contribution is 2.51. The van der Waals surface area contributed by atoms with Crippen molar-refractivity contribution in [1.82, 2.24) is 4.90 Å². The van der Waals surface area contributed by atoms with E-state index in [0.717, 1.165) is 45.1 Å². The lowest BCUT2D eigenvalue weighted by Gasteiger charge is -2.56. The number of hydrogen-bond acceptors (Lipinski definition) is 2. The molecule has 3 heteroatoms. The SMILES string of the molecule is O=C1C[C@H]2CCN(C(=O)C3CCC3)[C@H]3CCC[C@H]([C@H]23)[C@@H]1Cc1ccccc1. The van der Waals surface area contributed by atoms with E-state index >= 15 is 0 Å². The molecular weight excluding hydrogens is 334 g/mol. The van der Waals surface area contributed by atoms with Crippen molar-refractivity contribution < 1.29 is 9.59 Å². The maximum absolute atomic E-state index is 13.1. The third-order valence-electron chi connectivity index (χ3n) is 8.09. The molecule has 1 aromatic carbocycles. The number of piperidine rings is 1. The maximum atomic E-state index is 13.1. The Morgan fingerprint density at radius 3 is 2.52 bits per heavy atom. The van der Waals surface area contributed by atoms with E-state index < -0.39 is 0 Å². The molecule has 0 unspecified atom stereocenters. The van der Waals surface area contributed by atoms with Crippen molar-refractivity contribution in [3.8, 4) is 0 Å². The summed E-state index contributed by atoms with van der Waals surface area (Å²) < 4.78 is 0. The van der Waals surface area contributed by atoms with Gasteiger partial charge in [0.05, 0.1) is 0 Å². The van der Waals surface area contributed by atoms with Crippen molar-refractivity contribution in [1.29, 1.82) is 0 Å². The zero-order chi connectivity index (χ0) is 18.4. The molecule has 1 aliphatic heterocycles. The van der Waals surface area contributed by atoms with E-state index in [1.54, 1.807) is 0 Å². The summed E-state index contributed by atoms with van der Waals surface area (Å²) in [4.78, 5) is 28.4. The largest absolute Gasteiger partial charge is 0.339 e. The Labute approximate surface area is 162 Å². The number of rotatable bonds is 3. The topological polar surface area (TPSA) is 37.4 Å². The molecule has 27 heavy (non-hydrogen) atoms. The number of ketones is 1.